The highest BCUT2D eigenvalue weighted by Gasteiger charge is 2.23. The van der Waals surface area contributed by atoms with Crippen LogP contribution in [0.15, 0.2) is 0 Å². The molecular weight excluding hydrogens is 206 g/mol. The maximum atomic E-state index is 11.3. The van der Waals surface area contributed by atoms with Gasteiger partial charge in [0.05, 0.1) is 5.33 Å². The minimum absolute atomic E-state index is 0.0559. The molecule has 0 rings (SSSR count). The van der Waals surface area contributed by atoms with E-state index in [1.165, 1.54) is 0 Å². The lowest BCUT2D eigenvalue weighted by Crippen LogP contribution is -2.45. The van der Waals surface area contributed by atoms with E-state index in [0.29, 0.717) is 5.33 Å². The van der Waals surface area contributed by atoms with Crippen LogP contribution >= 0.6 is 15.9 Å². The Balaban J connectivity index is 4.29. The van der Waals surface area contributed by atoms with Crippen LogP contribution in [0.25, 0.3) is 0 Å². The van der Waals surface area contributed by atoms with Crippen LogP contribution < -0.4 is 0 Å². The lowest BCUT2D eigenvalue weighted by atomic mass is 10.1. The molecule has 0 aliphatic rings. The molecule has 0 radical (unpaired) electrons. The van der Waals surface area contributed by atoms with Crippen LogP contribution in [0.3, 0.4) is 0 Å². The summed E-state index contributed by atoms with van der Waals surface area (Å²) < 4.78 is 0. The van der Waals surface area contributed by atoms with E-state index in [4.69, 9.17) is 0 Å². The summed E-state index contributed by atoms with van der Waals surface area (Å²) in [5.41, 5.74) is -0.0559. The van der Waals surface area contributed by atoms with Gasteiger partial charge >= 0.3 is 0 Å². The Labute approximate surface area is 77.1 Å². The van der Waals surface area contributed by atoms with Gasteiger partial charge < -0.3 is 4.90 Å². The van der Waals surface area contributed by atoms with Crippen LogP contribution in [0.2, 0.25) is 0 Å². The largest absolute Gasteiger partial charge is 0.337 e. The second-order valence-corrected chi connectivity index (χ2v) is 4.00. The number of halogens is 1. The number of hydrogen-bond acceptors (Lipinski definition) is 1. The lowest BCUT2D eigenvalue weighted by Gasteiger charge is -2.34. The van der Waals surface area contributed by atoms with Crippen molar-refractivity contribution < 1.29 is 4.79 Å². The van der Waals surface area contributed by atoms with Crippen molar-refractivity contribution in [3.05, 3.63) is 0 Å². The minimum Gasteiger partial charge on any atom is -0.337 e. The second-order valence-electron chi connectivity index (χ2n) is 3.44. The van der Waals surface area contributed by atoms with Crippen molar-refractivity contribution in [1.29, 1.82) is 0 Å². The monoisotopic (exact) mass is 221 g/mol. The van der Waals surface area contributed by atoms with Crippen molar-refractivity contribution in [2.45, 2.75) is 33.2 Å². The smallest absolute Gasteiger partial charge is 0.233 e. The van der Waals surface area contributed by atoms with E-state index in [1.807, 2.05) is 32.6 Å². The molecule has 0 N–H and O–H groups in total. The van der Waals surface area contributed by atoms with Gasteiger partial charge in [0, 0.05) is 12.1 Å². The molecule has 11 heavy (non-hydrogen) atoms. The van der Waals surface area contributed by atoms with Crippen LogP contribution in [-0.2, 0) is 4.79 Å². The maximum absolute atomic E-state index is 11.3. The average Bonchev–Trinajstić information content (AvgIpc) is 1.86. The van der Waals surface area contributed by atoms with Crippen LogP contribution in [0.4, 0.5) is 0 Å². The van der Waals surface area contributed by atoms with Gasteiger partial charge in [0.1, 0.15) is 0 Å². The number of carbonyl (C=O) groups excluding carboxylic acids is 1. The molecule has 0 saturated carbocycles. The predicted molar refractivity (Wildman–Crippen MR) is 50.9 cm³/mol. The van der Waals surface area contributed by atoms with Crippen LogP contribution in [0.1, 0.15) is 27.7 Å². The molecule has 0 saturated heterocycles. The number of amides is 1. The number of carbonyl (C=O) groups is 1. The Morgan fingerprint density at radius 1 is 1.45 bits per heavy atom. The average molecular weight is 222 g/mol. The number of hydrogen-bond donors (Lipinski definition) is 0. The highest BCUT2D eigenvalue weighted by molar-refractivity contribution is 9.09. The normalized spacial score (nSPS) is 11.4. The molecule has 0 heterocycles. The van der Waals surface area contributed by atoms with Gasteiger partial charge in [-0.3, -0.25) is 4.79 Å². The molecular formula is C8H16BrNO. The van der Waals surface area contributed by atoms with Crippen molar-refractivity contribution in [3.63, 3.8) is 0 Å². The molecule has 3 heteroatoms. The molecule has 2 nitrogen and oxygen atoms in total. The molecule has 0 fully saturated rings. The maximum Gasteiger partial charge on any atom is 0.233 e. The van der Waals surface area contributed by atoms with Crippen molar-refractivity contribution in [3.8, 4) is 0 Å². The van der Waals surface area contributed by atoms with Crippen LogP contribution in [0, 0.1) is 0 Å². The number of rotatable bonds is 2. The summed E-state index contributed by atoms with van der Waals surface area (Å²) in [5, 5.41) is 0.415. The quantitative estimate of drug-likeness (QED) is 0.654. The minimum atomic E-state index is -0.0559. The van der Waals surface area contributed by atoms with E-state index < -0.39 is 0 Å². The van der Waals surface area contributed by atoms with Crippen LogP contribution in [0.5, 0.6) is 0 Å². The molecule has 0 unspecified atom stereocenters. The highest BCUT2D eigenvalue weighted by atomic mass is 79.9. The number of nitrogens with zero attached hydrogens (tertiary/aromatic N) is 1. The Morgan fingerprint density at radius 2 is 1.91 bits per heavy atom. The highest BCUT2D eigenvalue weighted by Crippen LogP contribution is 2.13. The van der Waals surface area contributed by atoms with Gasteiger partial charge in [0.2, 0.25) is 5.91 Å². The molecule has 0 spiro atoms. The lowest BCUT2D eigenvalue weighted by molar-refractivity contribution is -0.132. The van der Waals surface area contributed by atoms with E-state index >= 15 is 0 Å². The van der Waals surface area contributed by atoms with E-state index in [-0.39, 0.29) is 11.4 Å². The second kappa shape index (κ2) is 4.10. The van der Waals surface area contributed by atoms with Gasteiger partial charge in [0.15, 0.2) is 0 Å². The Kier molecular flexibility index (Phi) is 4.08. The van der Waals surface area contributed by atoms with Gasteiger partial charge in [-0.25, -0.2) is 0 Å². The first-order valence-electron chi connectivity index (χ1n) is 3.80. The van der Waals surface area contributed by atoms with Crippen molar-refractivity contribution in [2.24, 2.45) is 0 Å². The first-order valence-corrected chi connectivity index (χ1v) is 4.92. The molecule has 0 atom stereocenters. The third-order valence-electron chi connectivity index (χ3n) is 1.54. The SMILES string of the molecule is CCN(C(=O)CBr)C(C)(C)C. The fraction of sp³-hybridized carbons (Fsp3) is 0.875. The van der Waals surface area contributed by atoms with Gasteiger partial charge in [-0.2, -0.15) is 0 Å². The molecule has 0 aliphatic carbocycles. The Bertz CT molecular complexity index is 140. The molecule has 1 amide bonds. The molecule has 66 valence electrons. The van der Waals surface area contributed by atoms with Gasteiger partial charge in [-0.05, 0) is 27.7 Å². The van der Waals surface area contributed by atoms with Gasteiger partial charge in [0.25, 0.3) is 0 Å². The summed E-state index contributed by atoms with van der Waals surface area (Å²) in [6.07, 6.45) is 0. The zero-order valence-electron chi connectivity index (χ0n) is 7.65. The summed E-state index contributed by atoms with van der Waals surface area (Å²) in [6, 6.07) is 0. The molecule has 0 aromatic rings. The zero-order chi connectivity index (χ0) is 9.07. The zero-order valence-corrected chi connectivity index (χ0v) is 9.23. The van der Waals surface area contributed by atoms with E-state index in [9.17, 15) is 4.79 Å². The standard InChI is InChI=1S/C8H16BrNO/c1-5-10(7(11)6-9)8(2,3)4/h5-6H2,1-4H3. The van der Waals surface area contributed by atoms with E-state index in [2.05, 4.69) is 15.9 Å². The Morgan fingerprint density at radius 3 is 2.00 bits per heavy atom. The van der Waals surface area contributed by atoms with Gasteiger partial charge in [-0.1, -0.05) is 15.9 Å². The summed E-state index contributed by atoms with van der Waals surface area (Å²) in [5.74, 6) is 0.153. The fourth-order valence-electron chi connectivity index (χ4n) is 1.10. The summed E-state index contributed by atoms with van der Waals surface area (Å²) >= 11 is 3.16. The summed E-state index contributed by atoms with van der Waals surface area (Å²) in [4.78, 5) is 13.1. The molecule has 0 bridgehead atoms. The van der Waals surface area contributed by atoms with Crippen molar-refractivity contribution in [1.82, 2.24) is 4.90 Å². The third-order valence-corrected chi connectivity index (χ3v) is 2.02. The molecule has 0 aliphatic heterocycles. The summed E-state index contributed by atoms with van der Waals surface area (Å²) in [6.45, 7) is 8.88. The first kappa shape index (κ1) is 11.0. The first-order chi connectivity index (χ1) is 4.93. The van der Waals surface area contributed by atoms with Gasteiger partial charge in [-0.15, -0.1) is 0 Å². The molecule has 0 aromatic heterocycles. The fourth-order valence-corrected chi connectivity index (χ4v) is 1.40. The van der Waals surface area contributed by atoms with Crippen molar-refractivity contribution in [2.75, 3.05) is 11.9 Å². The Hall–Kier alpha value is -0.0500. The topological polar surface area (TPSA) is 20.3 Å². The summed E-state index contributed by atoms with van der Waals surface area (Å²) in [7, 11) is 0. The van der Waals surface area contributed by atoms with Crippen molar-refractivity contribution >= 4 is 21.8 Å². The predicted octanol–water partition coefficient (Wildman–Crippen LogP) is 2.03. The number of alkyl halides is 1. The third kappa shape index (κ3) is 3.23. The molecule has 0 aromatic carbocycles. The van der Waals surface area contributed by atoms with E-state index in [1.54, 1.807) is 0 Å². The van der Waals surface area contributed by atoms with E-state index in [0.717, 1.165) is 6.54 Å². The van der Waals surface area contributed by atoms with Crippen LogP contribution in [-0.4, -0.2) is 28.2 Å².